The molecule has 1 amide bonds. The first-order valence-corrected chi connectivity index (χ1v) is 4.78. The lowest BCUT2D eigenvalue weighted by Gasteiger charge is -1.89. The summed E-state index contributed by atoms with van der Waals surface area (Å²) in [6.07, 6.45) is 0. The molecule has 0 unspecified atom stereocenters. The number of carbonyl (C=O) groups is 1. The van der Waals surface area contributed by atoms with Crippen molar-refractivity contribution in [3.8, 4) is 0 Å². The van der Waals surface area contributed by atoms with E-state index in [4.69, 9.17) is 5.73 Å². The number of primary amides is 1. The molecule has 0 aliphatic heterocycles. The number of thiophene rings is 1. The first-order chi connectivity index (χ1) is 6.16. The normalized spacial score (nSPS) is 10.5. The summed E-state index contributed by atoms with van der Waals surface area (Å²) >= 11 is 1.44. The third kappa shape index (κ3) is 1.42. The molecule has 0 atom stereocenters. The SMILES string of the molecule is Cc1ccc2cc(C(N)=O)sc2c1. The van der Waals surface area contributed by atoms with E-state index >= 15 is 0 Å². The van der Waals surface area contributed by atoms with E-state index in [0.29, 0.717) is 4.88 Å². The molecule has 2 nitrogen and oxygen atoms in total. The van der Waals surface area contributed by atoms with Gasteiger partial charge in [-0.05, 0) is 30.0 Å². The Bertz CT molecular complexity index is 473. The van der Waals surface area contributed by atoms with E-state index < -0.39 is 0 Å². The Labute approximate surface area is 80.0 Å². The molecule has 0 saturated carbocycles. The first-order valence-electron chi connectivity index (χ1n) is 3.97. The van der Waals surface area contributed by atoms with Crippen molar-refractivity contribution in [2.45, 2.75) is 6.92 Å². The second-order valence-corrected chi connectivity index (χ2v) is 4.10. The lowest BCUT2D eigenvalue weighted by molar-refractivity contribution is 0.100. The zero-order valence-electron chi connectivity index (χ0n) is 7.20. The molecule has 2 aromatic rings. The smallest absolute Gasteiger partial charge is 0.258 e. The Balaban J connectivity index is 2.68. The van der Waals surface area contributed by atoms with Gasteiger partial charge in [0.1, 0.15) is 0 Å². The number of hydrogen-bond donors (Lipinski definition) is 1. The Kier molecular flexibility index (Phi) is 1.81. The summed E-state index contributed by atoms with van der Waals surface area (Å²) in [6, 6.07) is 7.93. The Morgan fingerprint density at radius 1 is 1.38 bits per heavy atom. The second kappa shape index (κ2) is 2.85. The van der Waals surface area contributed by atoms with Crippen LogP contribution in [-0.2, 0) is 0 Å². The van der Waals surface area contributed by atoms with Crippen molar-refractivity contribution in [3.05, 3.63) is 34.7 Å². The maximum Gasteiger partial charge on any atom is 0.258 e. The first kappa shape index (κ1) is 8.26. The van der Waals surface area contributed by atoms with E-state index in [1.54, 1.807) is 0 Å². The molecule has 1 heterocycles. The van der Waals surface area contributed by atoms with Crippen molar-refractivity contribution in [2.24, 2.45) is 5.73 Å². The number of carbonyl (C=O) groups excluding carboxylic acids is 1. The fourth-order valence-corrected chi connectivity index (χ4v) is 2.27. The summed E-state index contributed by atoms with van der Waals surface area (Å²) in [5.41, 5.74) is 6.39. The van der Waals surface area contributed by atoms with Crippen LogP contribution in [0.2, 0.25) is 0 Å². The van der Waals surface area contributed by atoms with Crippen molar-refractivity contribution in [1.82, 2.24) is 0 Å². The van der Waals surface area contributed by atoms with Crippen LogP contribution in [0, 0.1) is 6.92 Å². The summed E-state index contributed by atoms with van der Waals surface area (Å²) in [6.45, 7) is 2.03. The molecule has 0 spiro atoms. The van der Waals surface area contributed by atoms with Crippen molar-refractivity contribution < 1.29 is 4.79 Å². The minimum Gasteiger partial charge on any atom is -0.365 e. The van der Waals surface area contributed by atoms with Crippen molar-refractivity contribution in [2.75, 3.05) is 0 Å². The summed E-state index contributed by atoms with van der Waals surface area (Å²) in [5, 5.41) is 1.09. The van der Waals surface area contributed by atoms with Crippen LogP contribution in [-0.4, -0.2) is 5.91 Å². The number of nitrogens with two attached hydrogens (primary N) is 1. The molecular weight excluding hydrogens is 182 g/mol. The van der Waals surface area contributed by atoms with Gasteiger partial charge >= 0.3 is 0 Å². The van der Waals surface area contributed by atoms with Crippen LogP contribution in [0.5, 0.6) is 0 Å². The third-order valence-corrected chi connectivity index (χ3v) is 3.03. The van der Waals surface area contributed by atoms with E-state index in [-0.39, 0.29) is 5.91 Å². The molecule has 0 aliphatic rings. The van der Waals surface area contributed by atoms with Gasteiger partial charge in [-0.15, -0.1) is 11.3 Å². The van der Waals surface area contributed by atoms with E-state index in [1.807, 2.05) is 25.1 Å². The second-order valence-electron chi connectivity index (χ2n) is 3.02. The van der Waals surface area contributed by atoms with Gasteiger partial charge in [-0.3, -0.25) is 4.79 Å². The number of aryl methyl sites for hydroxylation is 1. The van der Waals surface area contributed by atoms with E-state index in [2.05, 4.69) is 6.07 Å². The Morgan fingerprint density at radius 2 is 2.15 bits per heavy atom. The van der Waals surface area contributed by atoms with Gasteiger partial charge in [0.25, 0.3) is 5.91 Å². The van der Waals surface area contributed by atoms with Gasteiger partial charge in [-0.1, -0.05) is 12.1 Å². The number of rotatable bonds is 1. The zero-order valence-corrected chi connectivity index (χ0v) is 8.02. The topological polar surface area (TPSA) is 43.1 Å². The maximum absolute atomic E-state index is 10.9. The predicted molar refractivity (Wildman–Crippen MR) is 55.1 cm³/mol. The molecule has 66 valence electrons. The average Bonchev–Trinajstić information content (AvgIpc) is 2.46. The molecular formula is C10H9NOS. The molecule has 2 N–H and O–H groups in total. The summed E-state index contributed by atoms with van der Waals surface area (Å²) in [4.78, 5) is 11.5. The molecule has 0 radical (unpaired) electrons. The van der Waals surface area contributed by atoms with Crippen molar-refractivity contribution >= 4 is 27.3 Å². The number of amides is 1. The monoisotopic (exact) mass is 191 g/mol. The molecule has 2 rings (SSSR count). The highest BCUT2D eigenvalue weighted by Gasteiger charge is 2.05. The van der Waals surface area contributed by atoms with Gasteiger partial charge in [0, 0.05) is 4.70 Å². The summed E-state index contributed by atoms with van der Waals surface area (Å²) < 4.78 is 1.12. The van der Waals surface area contributed by atoms with Crippen LogP contribution in [0.4, 0.5) is 0 Å². The fourth-order valence-electron chi connectivity index (χ4n) is 1.26. The van der Waals surface area contributed by atoms with Crippen LogP contribution in [0.25, 0.3) is 10.1 Å². The lowest BCUT2D eigenvalue weighted by atomic mass is 10.2. The van der Waals surface area contributed by atoms with Gasteiger partial charge in [0.05, 0.1) is 4.88 Å². The summed E-state index contributed by atoms with van der Waals surface area (Å²) in [5.74, 6) is -0.348. The highest BCUT2D eigenvalue weighted by atomic mass is 32.1. The van der Waals surface area contributed by atoms with Gasteiger partial charge in [-0.2, -0.15) is 0 Å². The van der Waals surface area contributed by atoms with E-state index in [9.17, 15) is 4.79 Å². The van der Waals surface area contributed by atoms with E-state index in [0.717, 1.165) is 10.1 Å². The standard InChI is InChI=1S/C10H9NOS/c1-6-2-3-7-5-9(10(11)12)13-8(7)4-6/h2-5H,1H3,(H2,11,12). The molecule has 13 heavy (non-hydrogen) atoms. The highest BCUT2D eigenvalue weighted by Crippen LogP contribution is 2.25. The highest BCUT2D eigenvalue weighted by molar-refractivity contribution is 7.20. The Morgan fingerprint density at radius 3 is 2.85 bits per heavy atom. The van der Waals surface area contributed by atoms with Crippen molar-refractivity contribution in [3.63, 3.8) is 0 Å². The maximum atomic E-state index is 10.9. The quantitative estimate of drug-likeness (QED) is 0.738. The van der Waals surface area contributed by atoms with Gasteiger partial charge < -0.3 is 5.73 Å². The Hall–Kier alpha value is -1.35. The minimum atomic E-state index is -0.348. The van der Waals surface area contributed by atoms with Gasteiger partial charge in [0.15, 0.2) is 0 Å². The number of hydrogen-bond acceptors (Lipinski definition) is 2. The molecule has 1 aromatic carbocycles. The minimum absolute atomic E-state index is 0.348. The molecule has 1 aromatic heterocycles. The van der Waals surface area contributed by atoms with Crippen LogP contribution in [0.15, 0.2) is 24.3 Å². The van der Waals surface area contributed by atoms with E-state index in [1.165, 1.54) is 16.9 Å². The lowest BCUT2D eigenvalue weighted by Crippen LogP contribution is -2.07. The van der Waals surface area contributed by atoms with Crippen LogP contribution >= 0.6 is 11.3 Å². The van der Waals surface area contributed by atoms with Crippen LogP contribution in [0.1, 0.15) is 15.2 Å². The number of benzene rings is 1. The molecule has 0 aliphatic carbocycles. The number of fused-ring (bicyclic) bond motifs is 1. The van der Waals surface area contributed by atoms with Crippen molar-refractivity contribution in [1.29, 1.82) is 0 Å². The molecule has 0 fully saturated rings. The van der Waals surface area contributed by atoms with Gasteiger partial charge in [0.2, 0.25) is 0 Å². The largest absolute Gasteiger partial charge is 0.365 e. The summed E-state index contributed by atoms with van der Waals surface area (Å²) in [7, 11) is 0. The van der Waals surface area contributed by atoms with Crippen LogP contribution < -0.4 is 5.73 Å². The zero-order chi connectivity index (χ0) is 9.42. The fraction of sp³-hybridized carbons (Fsp3) is 0.100. The third-order valence-electron chi connectivity index (χ3n) is 1.92. The average molecular weight is 191 g/mol. The van der Waals surface area contributed by atoms with Gasteiger partial charge in [-0.25, -0.2) is 0 Å². The van der Waals surface area contributed by atoms with Crippen LogP contribution in [0.3, 0.4) is 0 Å². The molecule has 0 saturated heterocycles. The predicted octanol–water partition coefficient (Wildman–Crippen LogP) is 2.31. The molecule has 3 heteroatoms. The molecule has 0 bridgehead atoms.